The summed E-state index contributed by atoms with van der Waals surface area (Å²) in [5, 5.41) is 7.27. The second kappa shape index (κ2) is 5.54. The van der Waals surface area contributed by atoms with E-state index in [2.05, 4.69) is 10.2 Å². The maximum atomic E-state index is 6.03. The third-order valence-corrected chi connectivity index (χ3v) is 3.43. The number of aromatic amines is 1. The SMILES string of the molecule is CCOc1ccc(-c2c(N)n[nH]c2-c2ccoc2Cl)cc1. The molecule has 0 radical (unpaired) electrons. The first-order chi connectivity index (χ1) is 10.2. The second-order valence-corrected chi connectivity index (χ2v) is 4.77. The largest absolute Gasteiger partial charge is 0.494 e. The molecule has 0 fully saturated rings. The summed E-state index contributed by atoms with van der Waals surface area (Å²) in [6.45, 7) is 2.57. The number of nitrogens with zero attached hydrogens (tertiary/aromatic N) is 1. The van der Waals surface area contributed by atoms with Crippen LogP contribution in [-0.2, 0) is 0 Å². The van der Waals surface area contributed by atoms with Crippen LogP contribution in [0.1, 0.15) is 6.92 Å². The van der Waals surface area contributed by atoms with Crippen LogP contribution in [0.2, 0.25) is 5.22 Å². The molecule has 0 unspecified atom stereocenters. The van der Waals surface area contributed by atoms with Crippen molar-refractivity contribution in [3.63, 3.8) is 0 Å². The highest BCUT2D eigenvalue weighted by molar-refractivity contribution is 6.31. The van der Waals surface area contributed by atoms with E-state index < -0.39 is 0 Å². The van der Waals surface area contributed by atoms with Gasteiger partial charge in [-0.3, -0.25) is 5.10 Å². The number of ether oxygens (including phenoxy) is 1. The second-order valence-electron chi connectivity index (χ2n) is 4.42. The minimum absolute atomic E-state index is 0.297. The number of aromatic nitrogens is 2. The van der Waals surface area contributed by atoms with Crippen LogP contribution in [-0.4, -0.2) is 16.8 Å². The molecule has 1 aromatic carbocycles. The monoisotopic (exact) mass is 303 g/mol. The number of hydrogen-bond donors (Lipinski definition) is 2. The van der Waals surface area contributed by atoms with Gasteiger partial charge in [-0.1, -0.05) is 12.1 Å². The zero-order valence-electron chi connectivity index (χ0n) is 11.4. The molecule has 2 aromatic heterocycles. The number of H-pyrrole nitrogens is 1. The molecule has 6 heteroatoms. The van der Waals surface area contributed by atoms with Crippen molar-refractivity contribution in [2.75, 3.05) is 12.3 Å². The third kappa shape index (κ3) is 2.48. The summed E-state index contributed by atoms with van der Waals surface area (Å²) in [6, 6.07) is 9.43. The molecule has 0 aliphatic rings. The lowest BCUT2D eigenvalue weighted by Crippen LogP contribution is -1.92. The molecule has 5 nitrogen and oxygen atoms in total. The van der Waals surface area contributed by atoms with Gasteiger partial charge in [0, 0.05) is 0 Å². The number of hydrogen-bond acceptors (Lipinski definition) is 4. The number of nitrogens with two attached hydrogens (primary N) is 1. The van der Waals surface area contributed by atoms with E-state index in [1.807, 2.05) is 31.2 Å². The average Bonchev–Trinajstić information content (AvgIpc) is 3.06. The van der Waals surface area contributed by atoms with Gasteiger partial charge in [0.05, 0.1) is 29.7 Å². The Balaban J connectivity index is 2.06. The highest BCUT2D eigenvalue weighted by atomic mass is 35.5. The zero-order chi connectivity index (χ0) is 14.8. The number of halogens is 1. The van der Waals surface area contributed by atoms with Crippen molar-refractivity contribution in [1.29, 1.82) is 0 Å². The van der Waals surface area contributed by atoms with Gasteiger partial charge in [0.1, 0.15) is 5.75 Å². The summed E-state index contributed by atoms with van der Waals surface area (Å²) in [5.74, 6) is 1.22. The minimum atomic E-state index is 0.297. The molecule has 0 aliphatic heterocycles. The lowest BCUT2D eigenvalue weighted by molar-refractivity contribution is 0.340. The Kier molecular flexibility index (Phi) is 3.58. The van der Waals surface area contributed by atoms with Gasteiger partial charge in [0.15, 0.2) is 5.82 Å². The summed E-state index contributed by atoms with van der Waals surface area (Å²) in [5.41, 5.74) is 9.16. The standard InChI is InChI=1S/C15H14ClN3O2/c1-2-20-10-5-3-9(4-6-10)12-13(18-19-15(12)17)11-7-8-21-14(11)16/h3-8H,2H2,1H3,(H3,17,18,19). The molecule has 0 atom stereocenters. The number of nitrogens with one attached hydrogen (secondary N) is 1. The minimum Gasteiger partial charge on any atom is -0.494 e. The smallest absolute Gasteiger partial charge is 0.202 e. The molecule has 0 spiro atoms. The Morgan fingerprint density at radius 1 is 1.29 bits per heavy atom. The van der Waals surface area contributed by atoms with Gasteiger partial charge in [-0.25, -0.2) is 0 Å². The van der Waals surface area contributed by atoms with Gasteiger partial charge >= 0.3 is 0 Å². The van der Waals surface area contributed by atoms with Gasteiger partial charge in [-0.15, -0.1) is 0 Å². The molecule has 21 heavy (non-hydrogen) atoms. The molecule has 0 bridgehead atoms. The highest BCUT2D eigenvalue weighted by Gasteiger charge is 2.18. The van der Waals surface area contributed by atoms with Crippen LogP contribution in [0.5, 0.6) is 5.75 Å². The zero-order valence-corrected chi connectivity index (χ0v) is 12.1. The Labute approximate surface area is 126 Å². The van der Waals surface area contributed by atoms with Gasteiger partial charge in [0.2, 0.25) is 5.22 Å². The van der Waals surface area contributed by atoms with E-state index in [9.17, 15) is 0 Å². The first kappa shape index (κ1) is 13.6. The first-order valence-corrected chi connectivity index (χ1v) is 6.89. The van der Waals surface area contributed by atoms with Crippen molar-refractivity contribution >= 4 is 17.4 Å². The summed E-state index contributed by atoms with van der Waals surface area (Å²) in [4.78, 5) is 0. The molecule has 2 heterocycles. The number of nitrogen functional groups attached to an aromatic ring is 1. The fourth-order valence-electron chi connectivity index (χ4n) is 2.20. The van der Waals surface area contributed by atoms with E-state index in [1.54, 1.807) is 6.07 Å². The highest BCUT2D eigenvalue weighted by Crippen LogP contribution is 2.38. The fraction of sp³-hybridized carbons (Fsp3) is 0.133. The summed E-state index contributed by atoms with van der Waals surface area (Å²) in [6.07, 6.45) is 1.52. The molecule has 3 rings (SSSR count). The van der Waals surface area contributed by atoms with Gasteiger partial charge in [0.25, 0.3) is 0 Å². The maximum Gasteiger partial charge on any atom is 0.202 e. The molecule has 0 saturated heterocycles. The van der Waals surface area contributed by atoms with E-state index in [-0.39, 0.29) is 0 Å². The van der Waals surface area contributed by atoms with Crippen LogP contribution >= 0.6 is 11.6 Å². The average molecular weight is 304 g/mol. The van der Waals surface area contributed by atoms with E-state index in [1.165, 1.54) is 6.26 Å². The normalized spacial score (nSPS) is 10.8. The fourth-order valence-corrected chi connectivity index (χ4v) is 2.41. The van der Waals surface area contributed by atoms with Crippen LogP contribution in [0.4, 0.5) is 5.82 Å². The molecular formula is C15H14ClN3O2. The Bertz CT molecular complexity index is 747. The molecule has 3 aromatic rings. The molecular weight excluding hydrogens is 290 g/mol. The quantitative estimate of drug-likeness (QED) is 0.764. The van der Waals surface area contributed by atoms with E-state index in [0.717, 1.165) is 28.1 Å². The molecule has 108 valence electrons. The summed E-state index contributed by atoms with van der Waals surface area (Å²) in [7, 11) is 0. The number of furan rings is 1. The predicted molar refractivity (Wildman–Crippen MR) is 82.3 cm³/mol. The van der Waals surface area contributed by atoms with Crippen molar-refractivity contribution in [1.82, 2.24) is 10.2 Å². The van der Waals surface area contributed by atoms with Crippen molar-refractivity contribution in [3.05, 3.63) is 41.8 Å². The van der Waals surface area contributed by atoms with E-state index in [0.29, 0.717) is 17.6 Å². The molecule has 3 N–H and O–H groups in total. The Hall–Kier alpha value is -2.40. The van der Waals surface area contributed by atoms with E-state index in [4.69, 9.17) is 26.5 Å². The molecule has 0 saturated carbocycles. The summed E-state index contributed by atoms with van der Waals surface area (Å²) < 4.78 is 10.6. The van der Waals surface area contributed by atoms with Crippen molar-refractivity contribution in [2.24, 2.45) is 0 Å². The van der Waals surface area contributed by atoms with Crippen molar-refractivity contribution in [2.45, 2.75) is 6.92 Å². The van der Waals surface area contributed by atoms with Gasteiger partial charge in [-0.05, 0) is 42.3 Å². The van der Waals surface area contributed by atoms with Gasteiger partial charge in [-0.2, -0.15) is 5.10 Å². The third-order valence-electron chi connectivity index (χ3n) is 3.14. The maximum absolute atomic E-state index is 6.03. The van der Waals surface area contributed by atoms with Crippen molar-refractivity contribution < 1.29 is 9.15 Å². The van der Waals surface area contributed by atoms with E-state index >= 15 is 0 Å². The summed E-state index contributed by atoms with van der Waals surface area (Å²) >= 11 is 6.03. The topological polar surface area (TPSA) is 77.1 Å². The molecule has 0 amide bonds. The van der Waals surface area contributed by atoms with Crippen molar-refractivity contribution in [3.8, 4) is 28.1 Å². The van der Waals surface area contributed by atoms with Crippen LogP contribution < -0.4 is 10.5 Å². The van der Waals surface area contributed by atoms with Crippen LogP contribution in [0.15, 0.2) is 41.0 Å². The van der Waals surface area contributed by atoms with Gasteiger partial charge < -0.3 is 14.9 Å². The van der Waals surface area contributed by atoms with Crippen LogP contribution in [0, 0.1) is 0 Å². The first-order valence-electron chi connectivity index (χ1n) is 6.51. The predicted octanol–water partition coefficient (Wildman–Crippen LogP) is 3.97. The number of rotatable bonds is 4. The number of benzene rings is 1. The van der Waals surface area contributed by atoms with Crippen LogP contribution in [0.3, 0.4) is 0 Å². The Morgan fingerprint density at radius 3 is 2.67 bits per heavy atom. The van der Waals surface area contributed by atoms with Crippen LogP contribution in [0.25, 0.3) is 22.4 Å². The lowest BCUT2D eigenvalue weighted by Gasteiger charge is -2.06. The Morgan fingerprint density at radius 2 is 2.05 bits per heavy atom. The molecule has 0 aliphatic carbocycles. The number of anilines is 1. The lowest BCUT2D eigenvalue weighted by atomic mass is 10.0.